The highest BCUT2D eigenvalue weighted by molar-refractivity contribution is 6.38. The molecule has 0 atom stereocenters. The van der Waals surface area contributed by atoms with Crippen molar-refractivity contribution in [3.63, 3.8) is 0 Å². The molecule has 0 bridgehead atoms. The number of H-pyrrole nitrogens is 1. The van der Waals surface area contributed by atoms with Crippen LogP contribution in [0.5, 0.6) is 0 Å². The number of ether oxygens (including phenoxy) is 1. The fourth-order valence-corrected chi connectivity index (χ4v) is 1.94. The molecule has 16 heavy (non-hydrogen) atoms. The van der Waals surface area contributed by atoms with Crippen LogP contribution in [0.4, 0.5) is 0 Å². The van der Waals surface area contributed by atoms with E-state index >= 15 is 0 Å². The second-order valence-corrected chi connectivity index (χ2v) is 3.95. The number of rotatable bonds is 2. The average Bonchev–Trinajstić information content (AvgIpc) is 2.61. The molecule has 0 aliphatic carbocycles. The number of esters is 1. The largest absolute Gasteiger partial charge is 0.461 e. The Bertz CT molecular complexity index is 551. The van der Waals surface area contributed by atoms with Gasteiger partial charge in [0.15, 0.2) is 5.69 Å². The average molecular weight is 259 g/mol. The zero-order valence-corrected chi connectivity index (χ0v) is 9.89. The molecule has 6 heteroatoms. The van der Waals surface area contributed by atoms with Crippen LogP contribution in [-0.2, 0) is 4.74 Å². The Morgan fingerprint density at radius 1 is 1.50 bits per heavy atom. The van der Waals surface area contributed by atoms with Crippen molar-refractivity contribution in [2.45, 2.75) is 6.92 Å². The molecular weight excluding hydrogens is 251 g/mol. The molecule has 1 N–H and O–H groups in total. The van der Waals surface area contributed by atoms with Gasteiger partial charge in [0.05, 0.1) is 11.6 Å². The Labute approximate surface area is 101 Å². The van der Waals surface area contributed by atoms with Crippen LogP contribution in [0.1, 0.15) is 17.4 Å². The maximum absolute atomic E-state index is 11.6. The maximum Gasteiger partial charge on any atom is 0.356 e. The lowest BCUT2D eigenvalue weighted by atomic mass is 10.2. The molecule has 0 saturated carbocycles. The van der Waals surface area contributed by atoms with Gasteiger partial charge in [-0.1, -0.05) is 23.2 Å². The Hall–Kier alpha value is -1.26. The minimum atomic E-state index is -0.469. The van der Waals surface area contributed by atoms with Gasteiger partial charge in [0.2, 0.25) is 0 Å². The van der Waals surface area contributed by atoms with Gasteiger partial charge in [0.1, 0.15) is 5.52 Å². The summed E-state index contributed by atoms with van der Waals surface area (Å²) in [4.78, 5) is 11.6. The highest BCUT2D eigenvalue weighted by atomic mass is 35.5. The van der Waals surface area contributed by atoms with Crippen LogP contribution >= 0.6 is 23.2 Å². The summed E-state index contributed by atoms with van der Waals surface area (Å²) in [5.41, 5.74) is 0.773. The van der Waals surface area contributed by atoms with E-state index in [0.717, 1.165) is 0 Å². The first kappa shape index (κ1) is 11.2. The summed E-state index contributed by atoms with van der Waals surface area (Å²) in [5.74, 6) is -0.469. The zero-order valence-electron chi connectivity index (χ0n) is 8.38. The van der Waals surface area contributed by atoms with Gasteiger partial charge in [0.25, 0.3) is 0 Å². The van der Waals surface area contributed by atoms with Gasteiger partial charge in [-0.3, -0.25) is 5.10 Å². The van der Waals surface area contributed by atoms with E-state index in [0.29, 0.717) is 27.6 Å². The summed E-state index contributed by atoms with van der Waals surface area (Å²) in [7, 11) is 0. The van der Waals surface area contributed by atoms with E-state index in [-0.39, 0.29) is 5.69 Å². The lowest BCUT2D eigenvalue weighted by Crippen LogP contribution is -2.05. The number of nitrogens with one attached hydrogen (secondary N) is 1. The lowest BCUT2D eigenvalue weighted by molar-refractivity contribution is 0.0521. The van der Waals surface area contributed by atoms with Crippen LogP contribution in [0.2, 0.25) is 10.0 Å². The number of halogens is 2. The molecule has 2 aromatic rings. The monoisotopic (exact) mass is 258 g/mol. The first-order chi connectivity index (χ1) is 7.63. The third kappa shape index (κ3) is 1.86. The van der Waals surface area contributed by atoms with Crippen molar-refractivity contribution in [2.24, 2.45) is 0 Å². The molecule has 1 aromatic heterocycles. The summed E-state index contributed by atoms with van der Waals surface area (Å²) in [5, 5.41) is 7.96. The molecule has 0 amide bonds. The predicted molar refractivity (Wildman–Crippen MR) is 62.1 cm³/mol. The molecule has 0 unspecified atom stereocenters. The smallest absolute Gasteiger partial charge is 0.356 e. The predicted octanol–water partition coefficient (Wildman–Crippen LogP) is 3.05. The van der Waals surface area contributed by atoms with E-state index in [1.54, 1.807) is 19.1 Å². The quantitative estimate of drug-likeness (QED) is 0.843. The van der Waals surface area contributed by atoms with Gasteiger partial charge in [-0.15, -0.1) is 0 Å². The highest BCUT2D eigenvalue weighted by Crippen LogP contribution is 2.28. The van der Waals surface area contributed by atoms with E-state index in [2.05, 4.69) is 10.2 Å². The Morgan fingerprint density at radius 3 is 2.94 bits per heavy atom. The third-order valence-electron chi connectivity index (χ3n) is 2.06. The molecule has 0 radical (unpaired) electrons. The summed E-state index contributed by atoms with van der Waals surface area (Å²) < 4.78 is 4.88. The van der Waals surface area contributed by atoms with Crippen LogP contribution < -0.4 is 0 Å². The summed E-state index contributed by atoms with van der Waals surface area (Å²) in [6.45, 7) is 2.03. The van der Waals surface area contributed by atoms with Gasteiger partial charge >= 0.3 is 5.97 Å². The van der Waals surface area contributed by atoms with Crippen molar-refractivity contribution in [3.05, 3.63) is 27.9 Å². The van der Waals surface area contributed by atoms with E-state index in [1.807, 2.05) is 0 Å². The number of benzene rings is 1. The number of hydrogen-bond acceptors (Lipinski definition) is 3. The summed E-state index contributed by atoms with van der Waals surface area (Å²) >= 11 is 11.8. The topological polar surface area (TPSA) is 55.0 Å². The molecule has 1 heterocycles. The van der Waals surface area contributed by atoms with Crippen LogP contribution in [0.25, 0.3) is 10.9 Å². The van der Waals surface area contributed by atoms with Gasteiger partial charge in [-0.05, 0) is 19.1 Å². The van der Waals surface area contributed by atoms with E-state index in [4.69, 9.17) is 27.9 Å². The van der Waals surface area contributed by atoms with Gasteiger partial charge < -0.3 is 4.74 Å². The Balaban J connectivity index is 2.60. The van der Waals surface area contributed by atoms with Crippen molar-refractivity contribution >= 4 is 40.1 Å². The minimum Gasteiger partial charge on any atom is -0.461 e. The van der Waals surface area contributed by atoms with Gasteiger partial charge in [0, 0.05) is 10.4 Å². The van der Waals surface area contributed by atoms with Crippen LogP contribution in [-0.4, -0.2) is 22.8 Å². The van der Waals surface area contributed by atoms with Crippen LogP contribution in [0.15, 0.2) is 12.1 Å². The number of aromatic amines is 1. The molecule has 0 saturated heterocycles. The van der Waals surface area contributed by atoms with Crippen molar-refractivity contribution in [1.82, 2.24) is 10.2 Å². The number of aromatic nitrogens is 2. The van der Waals surface area contributed by atoms with Crippen LogP contribution in [0.3, 0.4) is 0 Å². The molecular formula is C10H8Cl2N2O2. The summed E-state index contributed by atoms with van der Waals surface area (Å²) in [6, 6.07) is 3.19. The van der Waals surface area contributed by atoms with E-state index in [1.165, 1.54) is 0 Å². The van der Waals surface area contributed by atoms with Gasteiger partial charge in [-0.25, -0.2) is 4.79 Å². The van der Waals surface area contributed by atoms with Crippen molar-refractivity contribution in [1.29, 1.82) is 0 Å². The van der Waals surface area contributed by atoms with Crippen molar-refractivity contribution < 1.29 is 9.53 Å². The molecule has 2 rings (SSSR count). The first-order valence-electron chi connectivity index (χ1n) is 4.63. The highest BCUT2D eigenvalue weighted by Gasteiger charge is 2.16. The number of hydrogen-bond donors (Lipinski definition) is 1. The number of nitrogens with zero attached hydrogens (tertiary/aromatic N) is 1. The standard InChI is InChI=1S/C10H8Cl2N2O2/c1-2-16-10(15)9-6-3-5(11)4-7(12)8(6)13-14-9/h3-4H,2H2,1H3,(H,13,14). The fraction of sp³-hybridized carbons (Fsp3) is 0.200. The molecule has 0 spiro atoms. The Morgan fingerprint density at radius 2 is 2.25 bits per heavy atom. The molecule has 1 aromatic carbocycles. The second-order valence-electron chi connectivity index (χ2n) is 3.10. The Kier molecular flexibility index (Phi) is 3.03. The maximum atomic E-state index is 11.6. The van der Waals surface area contributed by atoms with Gasteiger partial charge in [-0.2, -0.15) is 5.10 Å². The number of fused-ring (bicyclic) bond motifs is 1. The molecule has 0 aliphatic rings. The molecule has 84 valence electrons. The normalized spacial score (nSPS) is 10.7. The minimum absolute atomic E-state index is 0.265. The fourth-order valence-electron chi connectivity index (χ4n) is 1.40. The SMILES string of the molecule is CCOC(=O)c1[nH]nc2c(Cl)cc(Cl)cc12. The molecule has 0 aliphatic heterocycles. The number of carbonyl (C=O) groups is 1. The molecule has 0 fully saturated rings. The third-order valence-corrected chi connectivity index (χ3v) is 2.56. The van der Waals surface area contributed by atoms with Crippen molar-refractivity contribution in [2.75, 3.05) is 6.61 Å². The van der Waals surface area contributed by atoms with E-state index in [9.17, 15) is 4.79 Å². The van der Waals surface area contributed by atoms with Crippen LogP contribution in [0, 0.1) is 0 Å². The van der Waals surface area contributed by atoms with Crippen molar-refractivity contribution in [3.8, 4) is 0 Å². The number of carbonyl (C=O) groups excluding carboxylic acids is 1. The lowest BCUT2D eigenvalue weighted by Gasteiger charge is -1.99. The molecule has 4 nitrogen and oxygen atoms in total. The first-order valence-corrected chi connectivity index (χ1v) is 5.39. The van der Waals surface area contributed by atoms with E-state index < -0.39 is 5.97 Å². The summed E-state index contributed by atoms with van der Waals surface area (Å²) in [6.07, 6.45) is 0. The second kappa shape index (κ2) is 4.31. The zero-order chi connectivity index (χ0) is 11.7.